The molecule has 0 saturated heterocycles. The van der Waals surface area contributed by atoms with Gasteiger partial charge in [-0.25, -0.2) is 0 Å². The highest BCUT2D eigenvalue weighted by Gasteiger charge is 2.18. The van der Waals surface area contributed by atoms with Crippen LogP contribution in [-0.2, 0) is 0 Å². The standard InChI is InChI=1S/C32H36N2/c1-4-31(27-11-7-5-8-12-27)32(28-13-9-6-10-14-28)29-17-15-25(16-18-29)23-34(3)30-21-19-26(20-22-30)24(2)33/h5-15,17,19,21H,2,4,16,18,20,22-23,33H2,1,3H3/b32-31-. The molecule has 2 aliphatic rings. The molecule has 0 aromatic heterocycles. The van der Waals surface area contributed by atoms with Crippen LogP contribution in [0.3, 0.4) is 0 Å². The Balaban J connectivity index is 1.61. The molecule has 34 heavy (non-hydrogen) atoms. The Kier molecular flexibility index (Phi) is 7.69. The van der Waals surface area contributed by atoms with E-state index in [4.69, 9.17) is 5.73 Å². The van der Waals surface area contributed by atoms with Crippen molar-refractivity contribution in [2.45, 2.75) is 39.0 Å². The molecule has 0 spiro atoms. The second kappa shape index (κ2) is 11.1. The Morgan fingerprint density at radius 2 is 1.41 bits per heavy atom. The zero-order chi connectivity index (χ0) is 23.9. The molecule has 174 valence electrons. The van der Waals surface area contributed by atoms with E-state index in [-0.39, 0.29) is 0 Å². The molecule has 2 nitrogen and oxygen atoms in total. The summed E-state index contributed by atoms with van der Waals surface area (Å²) in [4.78, 5) is 2.38. The molecular formula is C32H36N2. The first kappa shape index (κ1) is 23.6. The van der Waals surface area contributed by atoms with E-state index in [1.54, 1.807) is 0 Å². The third kappa shape index (κ3) is 5.51. The van der Waals surface area contributed by atoms with Crippen LogP contribution in [0, 0.1) is 0 Å². The summed E-state index contributed by atoms with van der Waals surface area (Å²) in [5, 5.41) is 0. The lowest BCUT2D eigenvalue weighted by molar-refractivity contribution is 0.426. The van der Waals surface area contributed by atoms with E-state index in [0.29, 0.717) is 5.70 Å². The zero-order valence-corrected chi connectivity index (χ0v) is 20.6. The van der Waals surface area contributed by atoms with Gasteiger partial charge in [-0.1, -0.05) is 98.0 Å². The number of allylic oxidation sites excluding steroid dienone is 9. The van der Waals surface area contributed by atoms with Crippen molar-refractivity contribution in [1.82, 2.24) is 4.90 Å². The van der Waals surface area contributed by atoms with Crippen molar-refractivity contribution in [2.24, 2.45) is 5.73 Å². The lowest BCUT2D eigenvalue weighted by Crippen LogP contribution is -2.22. The molecule has 0 unspecified atom stereocenters. The lowest BCUT2D eigenvalue weighted by atomic mass is 9.83. The molecule has 0 atom stereocenters. The highest BCUT2D eigenvalue weighted by atomic mass is 15.1. The third-order valence-electron chi connectivity index (χ3n) is 6.87. The number of hydrogen-bond acceptors (Lipinski definition) is 2. The summed E-state index contributed by atoms with van der Waals surface area (Å²) in [6.07, 6.45) is 14.2. The Hall–Kier alpha value is -3.52. The normalized spacial score (nSPS) is 16.5. The van der Waals surface area contributed by atoms with Gasteiger partial charge in [-0.05, 0) is 71.6 Å². The van der Waals surface area contributed by atoms with Gasteiger partial charge in [0.2, 0.25) is 0 Å². The SMILES string of the molecule is C=C(N)C1=CC=C(N(C)CC2=CC=C(/C(=C(/CC)c3ccccc3)c3ccccc3)CC2)CC1. The molecule has 0 amide bonds. The van der Waals surface area contributed by atoms with Crippen molar-refractivity contribution in [1.29, 1.82) is 0 Å². The summed E-state index contributed by atoms with van der Waals surface area (Å²) in [6.45, 7) is 7.10. The minimum Gasteiger partial charge on any atom is -0.399 e. The predicted octanol–water partition coefficient (Wildman–Crippen LogP) is 7.66. The number of benzene rings is 2. The van der Waals surface area contributed by atoms with Gasteiger partial charge in [-0.2, -0.15) is 0 Å². The Labute approximate surface area is 205 Å². The van der Waals surface area contributed by atoms with E-state index >= 15 is 0 Å². The van der Waals surface area contributed by atoms with Gasteiger partial charge in [0.1, 0.15) is 0 Å². The lowest BCUT2D eigenvalue weighted by Gasteiger charge is -2.28. The van der Waals surface area contributed by atoms with Crippen LogP contribution < -0.4 is 5.73 Å². The Bertz CT molecular complexity index is 1170. The molecule has 2 aromatic rings. The molecule has 0 radical (unpaired) electrons. The molecule has 2 aromatic carbocycles. The van der Waals surface area contributed by atoms with Crippen molar-refractivity contribution in [2.75, 3.05) is 13.6 Å². The van der Waals surface area contributed by atoms with Crippen LogP contribution in [0.5, 0.6) is 0 Å². The number of nitrogens with zero attached hydrogens (tertiary/aromatic N) is 1. The second-order valence-corrected chi connectivity index (χ2v) is 9.19. The summed E-state index contributed by atoms with van der Waals surface area (Å²) in [5.41, 5.74) is 17.4. The van der Waals surface area contributed by atoms with E-state index in [2.05, 4.69) is 110 Å². The smallest absolute Gasteiger partial charge is 0.0385 e. The van der Waals surface area contributed by atoms with Gasteiger partial charge in [0.25, 0.3) is 0 Å². The van der Waals surface area contributed by atoms with Crippen molar-refractivity contribution in [3.05, 3.63) is 131 Å². The number of nitrogens with two attached hydrogens (primary N) is 1. The average molecular weight is 449 g/mol. The second-order valence-electron chi connectivity index (χ2n) is 9.19. The van der Waals surface area contributed by atoms with Gasteiger partial charge in [0, 0.05) is 25.0 Å². The molecule has 4 rings (SSSR count). The van der Waals surface area contributed by atoms with Crippen LogP contribution in [0.2, 0.25) is 0 Å². The van der Waals surface area contributed by atoms with Gasteiger partial charge in [-0.3, -0.25) is 0 Å². The first-order valence-electron chi connectivity index (χ1n) is 12.4. The first-order valence-corrected chi connectivity index (χ1v) is 12.4. The Morgan fingerprint density at radius 1 is 0.794 bits per heavy atom. The van der Waals surface area contributed by atoms with Crippen LogP contribution in [0.25, 0.3) is 11.1 Å². The summed E-state index contributed by atoms with van der Waals surface area (Å²) in [6, 6.07) is 21.7. The van der Waals surface area contributed by atoms with Crippen LogP contribution in [0.4, 0.5) is 0 Å². The number of likely N-dealkylation sites (N-methyl/N-ethyl adjacent to an activating group) is 1. The Morgan fingerprint density at radius 3 is 1.94 bits per heavy atom. The highest BCUT2D eigenvalue weighted by molar-refractivity contribution is 5.98. The fourth-order valence-electron chi connectivity index (χ4n) is 4.96. The summed E-state index contributed by atoms with van der Waals surface area (Å²) in [7, 11) is 2.20. The largest absolute Gasteiger partial charge is 0.399 e. The zero-order valence-electron chi connectivity index (χ0n) is 20.6. The first-order chi connectivity index (χ1) is 16.6. The van der Waals surface area contributed by atoms with Crippen molar-refractivity contribution < 1.29 is 0 Å². The van der Waals surface area contributed by atoms with E-state index in [1.165, 1.54) is 39.1 Å². The van der Waals surface area contributed by atoms with E-state index in [9.17, 15) is 0 Å². The fourth-order valence-corrected chi connectivity index (χ4v) is 4.96. The predicted molar refractivity (Wildman–Crippen MR) is 147 cm³/mol. The maximum atomic E-state index is 5.86. The van der Waals surface area contributed by atoms with Crippen molar-refractivity contribution in [3.63, 3.8) is 0 Å². The molecule has 2 aliphatic carbocycles. The maximum absolute atomic E-state index is 5.86. The summed E-state index contributed by atoms with van der Waals surface area (Å²) >= 11 is 0. The molecule has 0 fully saturated rings. The number of rotatable bonds is 8. The van der Waals surface area contributed by atoms with Crippen molar-refractivity contribution in [3.8, 4) is 0 Å². The van der Waals surface area contributed by atoms with E-state index < -0.39 is 0 Å². The van der Waals surface area contributed by atoms with E-state index in [1.807, 2.05) is 0 Å². The minimum atomic E-state index is 0.690. The van der Waals surface area contributed by atoms with E-state index in [0.717, 1.165) is 44.2 Å². The quantitative estimate of drug-likeness (QED) is 0.420. The third-order valence-corrected chi connectivity index (χ3v) is 6.87. The van der Waals surface area contributed by atoms with Crippen LogP contribution in [0.15, 0.2) is 120 Å². The molecule has 0 bridgehead atoms. The monoisotopic (exact) mass is 448 g/mol. The average Bonchev–Trinajstić information content (AvgIpc) is 2.89. The van der Waals surface area contributed by atoms with Gasteiger partial charge in [0.05, 0.1) is 0 Å². The molecule has 2 N–H and O–H groups in total. The van der Waals surface area contributed by atoms with Crippen molar-refractivity contribution >= 4 is 11.1 Å². The van der Waals surface area contributed by atoms with Gasteiger partial charge < -0.3 is 10.6 Å². The van der Waals surface area contributed by atoms with Gasteiger partial charge in [0.15, 0.2) is 0 Å². The van der Waals surface area contributed by atoms with Crippen LogP contribution >= 0.6 is 0 Å². The highest BCUT2D eigenvalue weighted by Crippen LogP contribution is 2.38. The van der Waals surface area contributed by atoms with Crippen LogP contribution in [-0.4, -0.2) is 18.5 Å². The molecule has 0 saturated carbocycles. The summed E-state index contributed by atoms with van der Waals surface area (Å²) < 4.78 is 0. The molecular weight excluding hydrogens is 412 g/mol. The minimum absolute atomic E-state index is 0.690. The van der Waals surface area contributed by atoms with Gasteiger partial charge >= 0.3 is 0 Å². The molecule has 0 aliphatic heterocycles. The molecule has 2 heteroatoms. The topological polar surface area (TPSA) is 29.3 Å². The number of hydrogen-bond donors (Lipinski definition) is 1. The fraction of sp³-hybridized carbons (Fsp3) is 0.250. The maximum Gasteiger partial charge on any atom is 0.0385 e. The summed E-state index contributed by atoms with van der Waals surface area (Å²) in [5.74, 6) is 0. The molecule has 0 heterocycles. The van der Waals surface area contributed by atoms with Gasteiger partial charge in [-0.15, -0.1) is 0 Å². The van der Waals surface area contributed by atoms with Crippen LogP contribution in [0.1, 0.15) is 50.2 Å².